The lowest BCUT2D eigenvalue weighted by molar-refractivity contribution is -0.139. The third kappa shape index (κ3) is 4.02. The third-order valence-corrected chi connectivity index (χ3v) is 6.36. The smallest absolute Gasteiger partial charge is 0.235 e. The molecule has 31 heavy (non-hydrogen) atoms. The molecule has 1 heterocycles. The molecule has 0 N–H and O–H groups in total. The van der Waals surface area contributed by atoms with Gasteiger partial charge in [-0.15, -0.1) is 0 Å². The number of aryl methyl sites for hydroxylation is 1. The van der Waals surface area contributed by atoms with Gasteiger partial charge in [0.2, 0.25) is 5.91 Å². The van der Waals surface area contributed by atoms with Crippen LogP contribution in [0.2, 0.25) is 0 Å². The first-order chi connectivity index (χ1) is 15.1. The lowest BCUT2D eigenvalue weighted by Crippen LogP contribution is -2.62. The molecule has 1 aliphatic heterocycles. The number of methoxy groups -OCH3 is 2. The van der Waals surface area contributed by atoms with E-state index < -0.39 is 5.41 Å². The zero-order chi connectivity index (χ0) is 21.8. The molecule has 1 fully saturated rings. The molecule has 0 saturated carbocycles. The Morgan fingerprint density at radius 1 is 0.839 bits per heavy atom. The second-order valence-corrected chi connectivity index (χ2v) is 8.31. The van der Waals surface area contributed by atoms with E-state index in [4.69, 9.17) is 9.47 Å². The normalized spacial score (nSPS) is 20.3. The summed E-state index contributed by atoms with van der Waals surface area (Å²) in [5.41, 5.74) is 2.89. The van der Waals surface area contributed by atoms with Gasteiger partial charge < -0.3 is 14.4 Å². The number of nitrogens with zero attached hydrogens (tertiary/aromatic N) is 1. The Labute approximate surface area is 184 Å². The van der Waals surface area contributed by atoms with Crippen LogP contribution >= 0.6 is 0 Å². The molecule has 0 aliphatic carbocycles. The second-order valence-electron chi connectivity index (χ2n) is 8.31. The summed E-state index contributed by atoms with van der Waals surface area (Å²) in [6.45, 7) is 2.11. The quantitative estimate of drug-likeness (QED) is 0.435. The van der Waals surface area contributed by atoms with E-state index in [1.807, 2.05) is 47.4 Å². The Bertz CT molecular complexity index is 1010. The van der Waals surface area contributed by atoms with Crippen LogP contribution in [0.25, 0.3) is 0 Å². The molecule has 3 aromatic rings. The van der Waals surface area contributed by atoms with Gasteiger partial charge in [0.1, 0.15) is 11.5 Å². The van der Waals surface area contributed by atoms with Gasteiger partial charge in [-0.2, -0.15) is 0 Å². The molecule has 0 aromatic heterocycles. The highest BCUT2D eigenvalue weighted by Crippen LogP contribution is 2.54. The second kappa shape index (κ2) is 8.84. The molecular formula is C27H29NO3. The van der Waals surface area contributed by atoms with Gasteiger partial charge in [0, 0.05) is 5.69 Å². The molecule has 0 spiro atoms. The van der Waals surface area contributed by atoms with Crippen molar-refractivity contribution in [3.8, 4) is 11.5 Å². The van der Waals surface area contributed by atoms with E-state index in [0.29, 0.717) is 0 Å². The van der Waals surface area contributed by atoms with Crippen molar-refractivity contribution in [1.82, 2.24) is 0 Å². The molecule has 1 saturated heterocycles. The molecule has 3 aromatic carbocycles. The molecule has 0 radical (unpaired) electrons. The van der Waals surface area contributed by atoms with Crippen LogP contribution in [0.4, 0.5) is 5.69 Å². The van der Waals surface area contributed by atoms with Gasteiger partial charge in [0.25, 0.3) is 0 Å². The number of hydrogen-bond donors (Lipinski definition) is 0. The van der Waals surface area contributed by atoms with Crippen molar-refractivity contribution < 1.29 is 14.3 Å². The largest absolute Gasteiger partial charge is 0.497 e. The van der Waals surface area contributed by atoms with Crippen LogP contribution in [-0.4, -0.2) is 20.1 Å². The van der Waals surface area contributed by atoms with E-state index in [1.54, 1.807) is 14.2 Å². The Morgan fingerprint density at radius 2 is 1.42 bits per heavy atom. The number of ether oxygens (including phenoxy) is 2. The summed E-state index contributed by atoms with van der Waals surface area (Å²) in [5.74, 6) is 1.77. The molecule has 160 valence electrons. The van der Waals surface area contributed by atoms with Gasteiger partial charge >= 0.3 is 0 Å². The van der Waals surface area contributed by atoms with Crippen molar-refractivity contribution in [2.45, 2.75) is 32.2 Å². The highest BCUT2D eigenvalue weighted by Gasteiger charge is 2.57. The molecule has 4 nitrogen and oxygen atoms in total. The number of rotatable bonds is 8. The number of hydrogen-bond acceptors (Lipinski definition) is 3. The number of benzene rings is 3. The van der Waals surface area contributed by atoms with Crippen LogP contribution in [-0.2, 0) is 11.2 Å². The maximum atomic E-state index is 13.5. The van der Waals surface area contributed by atoms with Crippen molar-refractivity contribution in [2.24, 2.45) is 5.41 Å². The predicted octanol–water partition coefficient (Wildman–Crippen LogP) is 5.82. The first-order valence-corrected chi connectivity index (χ1v) is 10.7. The molecule has 1 aliphatic rings. The average molecular weight is 416 g/mol. The summed E-state index contributed by atoms with van der Waals surface area (Å²) < 4.78 is 10.6. The highest BCUT2D eigenvalue weighted by atomic mass is 16.5. The van der Waals surface area contributed by atoms with Crippen molar-refractivity contribution in [3.63, 3.8) is 0 Å². The summed E-state index contributed by atoms with van der Waals surface area (Å²) in [6, 6.07) is 26.2. The van der Waals surface area contributed by atoms with E-state index >= 15 is 0 Å². The monoisotopic (exact) mass is 415 g/mol. The lowest BCUT2D eigenvalue weighted by atomic mass is 9.66. The van der Waals surface area contributed by atoms with Gasteiger partial charge in [-0.3, -0.25) is 4.79 Å². The summed E-state index contributed by atoms with van der Waals surface area (Å²) in [4.78, 5) is 15.4. The van der Waals surface area contributed by atoms with Crippen LogP contribution < -0.4 is 14.4 Å². The zero-order valence-corrected chi connectivity index (χ0v) is 18.4. The minimum atomic E-state index is -0.441. The number of carbonyl (C=O) groups is 1. The summed E-state index contributed by atoms with van der Waals surface area (Å²) >= 11 is 0. The van der Waals surface area contributed by atoms with Crippen LogP contribution in [0.15, 0.2) is 78.9 Å². The fourth-order valence-corrected chi connectivity index (χ4v) is 4.59. The summed E-state index contributed by atoms with van der Waals surface area (Å²) in [5, 5.41) is 0. The summed E-state index contributed by atoms with van der Waals surface area (Å²) in [7, 11) is 3.31. The number of β-lactam (4-membered cyclic amide) rings is 1. The average Bonchev–Trinajstić information content (AvgIpc) is 2.83. The molecule has 4 heteroatoms. The van der Waals surface area contributed by atoms with Gasteiger partial charge in [-0.1, -0.05) is 42.5 Å². The molecule has 0 bridgehead atoms. The van der Waals surface area contributed by atoms with Crippen LogP contribution in [0, 0.1) is 5.41 Å². The SMILES string of the molecule is COc1ccc([C@H]2N(c3ccc(OC)cc3)C(=O)[C@]2(C)CCCc2ccccc2)cc1. The van der Waals surface area contributed by atoms with E-state index in [-0.39, 0.29) is 11.9 Å². The molecule has 2 atom stereocenters. The van der Waals surface area contributed by atoms with Crippen molar-refractivity contribution in [2.75, 3.05) is 19.1 Å². The highest BCUT2D eigenvalue weighted by molar-refractivity contribution is 6.06. The van der Waals surface area contributed by atoms with Crippen molar-refractivity contribution >= 4 is 11.6 Å². The van der Waals surface area contributed by atoms with Crippen molar-refractivity contribution in [1.29, 1.82) is 0 Å². The zero-order valence-electron chi connectivity index (χ0n) is 18.4. The topological polar surface area (TPSA) is 38.8 Å². The molecule has 4 rings (SSSR count). The van der Waals surface area contributed by atoms with Gasteiger partial charge in [0.05, 0.1) is 25.7 Å². The minimum Gasteiger partial charge on any atom is -0.497 e. The van der Waals surface area contributed by atoms with E-state index in [0.717, 1.165) is 42.0 Å². The fraction of sp³-hybridized carbons (Fsp3) is 0.296. The Hall–Kier alpha value is -3.27. The number of anilines is 1. The summed E-state index contributed by atoms with van der Waals surface area (Å²) in [6.07, 6.45) is 2.78. The lowest BCUT2D eigenvalue weighted by Gasteiger charge is -2.55. The van der Waals surface area contributed by atoms with Gasteiger partial charge in [-0.05, 0) is 73.7 Å². The Balaban J connectivity index is 1.60. The first-order valence-electron chi connectivity index (χ1n) is 10.7. The van der Waals surface area contributed by atoms with Crippen LogP contribution in [0.3, 0.4) is 0 Å². The van der Waals surface area contributed by atoms with Gasteiger partial charge in [-0.25, -0.2) is 0 Å². The predicted molar refractivity (Wildman–Crippen MR) is 124 cm³/mol. The minimum absolute atomic E-state index is 0.0184. The fourth-order valence-electron chi connectivity index (χ4n) is 4.59. The maximum absolute atomic E-state index is 13.5. The number of amides is 1. The molecule has 0 unspecified atom stereocenters. The standard InChI is InChI=1S/C27H29NO3/c1-27(19-7-10-20-8-5-4-6-9-20)25(21-11-15-23(30-2)16-12-21)28(26(27)29)22-13-17-24(31-3)18-14-22/h4-6,8-9,11-18,25H,7,10,19H2,1-3H3/t25-,27-/m1/s1. The third-order valence-electron chi connectivity index (χ3n) is 6.36. The Morgan fingerprint density at radius 3 is 2.00 bits per heavy atom. The van der Waals surface area contributed by atoms with Crippen molar-refractivity contribution in [3.05, 3.63) is 90.0 Å². The van der Waals surface area contributed by atoms with E-state index in [1.165, 1.54) is 5.56 Å². The van der Waals surface area contributed by atoms with E-state index in [9.17, 15) is 4.79 Å². The number of carbonyl (C=O) groups excluding carboxylic acids is 1. The molecule has 1 amide bonds. The van der Waals surface area contributed by atoms with Crippen LogP contribution in [0.1, 0.15) is 36.9 Å². The first kappa shape index (κ1) is 21.0. The van der Waals surface area contributed by atoms with Crippen LogP contribution in [0.5, 0.6) is 11.5 Å². The Kier molecular flexibility index (Phi) is 5.99. The molecular weight excluding hydrogens is 386 g/mol. The van der Waals surface area contributed by atoms with E-state index in [2.05, 4.69) is 43.3 Å². The maximum Gasteiger partial charge on any atom is 0.235 e. The van der Waals surface area contributed by atoms with Gasteiger partial charge in [0.15, 0.2) is 0 Å².